The molecule has 0 aromatic heterocycles. The molecule has 0 fully saturated rings. The lowest BCUT2D eigenvalue weighted by molar-refractivity contribution is -0.143. The number of amides is 1. The molecule has 396 valence electrons. The van der Waals surface area contributed by atoms with Crippen molar-refractivity contribution >= 4 is 11.9 Å². The zero-order valence-electron chi connectivity index (χ0n) is 45.1. The van der Waals surface area contributed by atoms with Crippen LogP contribution in [0.3, 0.4) is 0 Å². The lowest BCUT2D eigenvalue weighted by atomic mass is 10.0. The highest BCUT2D eigenvalue weighted by Gasteiger charge is 2.18. The van der Waals surface area contributed by atoms with Crippen LogP contribution in [0.25, 0.3) is 0 Å². The summed E-state index contributed by atoms with van der Waals surface area (Å²) in [4.78, 5) is 24.4. The van der Waals surface area contributed by atoms with Gasteiger partial charge in [-0.1, -0.05) is 289 Å². The van der Waals surface area contributed by atoms with Crippen LogP contribution >= 0.6 is 0 Å². The average molecular weight is 945 g/mol. The number of nitrogens with one attached hydrogen (secondary N) is 1. The van der Waals surface area contributed by atoms with E-state index in [9.17, 15) is 19.8 Å². The molecule has 0 rings (SSSR count). The third-order valence-electron chi connectivity index (χ3n) is 14.0. The van der Waals surface area contributed by atoms with Gasteiger partial charge in [-0.15, -0.1) is 0 Å². The molecule has 67 heavy (non-hydrogen) atoms. The molecule has 0 aliphatic heterocycles. The molecule has 1 amide bonds. The second-order valence-corrected chi connectivity index (χ2v) is 20.7. The van der Waals surface area contributed by atoms with E-state index < -0.39 is 12.1 Å². The molecular formula is C61H117NO5. The van der Waals surface area contributed by atoms with Crippen LogP contribution in [-0.2, 0) is 14.3 Å². The van der Waals surface area contributed by atoms with E-state index in [-0.39, 0.29) is 18.5 Å². The number of esters is 1. The largest absolute Gasteiger partial charge is 0.466 e. The maximum absolute atomic E-state index is 12.4. The van der Waals surface area contributed by atoms with Gasteiger partial charge < -0.3 is 20.3 Å². The van der Waals surface area contributed by atoms with Crippen molar-refractivity contribution in [1.29, 1.82) is 0 Å². The molecule has 0 aliphatic carbocycles. The second-order valence-electron chi connectivity index (χ2n) is 20.7. The summed E-state index contributed by atoms with van der Waals surface area (Å²) in [6.45, 7) is 4.87. The van der Waals surface area contributed by atoms with E-state index in [4.69, 9.17) is 4.74 Å². The fourth-order valence-corrected chi connectivity index (χ4v) is 9.32. The summed E-state index contributed by atoms with van der Waals surface area (Å²) in [5.74, 6) is -0.0586. The van der Waals surface area contributed by atoms with Crippen molar-refractivity contribution in [3.05, 3.63) is 24.3 Å². The molecule has 0 saturated carbocycles. The maximum Gasteiger partial charge on any atom is 0.305 e. The van der Waals surface area contributed by atoms with Gasteiger partial charge in [0.15, 0.2) is 0 Å². The van der Waals surface area contributed by atoms with Crippen molar-refractivity contribution in [2.75, 3.05) is 13.2 Å². The number of carbonyl (C=O) groups is 2. The van der Waals surface area contributed by atoms with E-state index in [1.165, 1.54) is 257 Å². The minimum Gasteiger partial charge on any atom is -0.466 e. The third kappa shape index (κ3) is 53.5. The molecule has 0 aromatic carbocycles. The van der Waals surface area contributed by atoms with Gasteiger partial charge in [0.1, 0.15) is 0 Å². The Bertz CT molecular complexity index is 1040. The molecule has 0 bridgehead atoms. The summed E-state index contributed by atoms with van der Waals surface area (Å²) in [5.41, 5.74) is 0. The molecule has 0 aliphatic rings. The van der Waals surface area contributed by atoms with Gasteiger partial charge in [0, 0.05) is 12.8 Å². The van der Waals surface area contributed by atoms with Gasteiger partial charge in [-0.25, -0.2) is 0 Å². The Kier molecular flexibility index (Phi) is 55.5. The standard InChI is InChI=1S/C61H117NO5/c1-3-5-7-9-11-13-15-34-37-41-45-49-53-59(64)58(57-63)62-60(65)54-50-46-42-38-35-31-29-27-25-23-21-19-17-16-18-20-22-24-26-28-30-32-36-40-44-48-52-56-67-61(66)55-51-47-43-39-33-14-12-10-8-6-4-2/h10,12,49,53,58-59,63-64H,3-9,11,13-48,50-52,54-57H2,1-2H3,(H,62,65)/b12-10-,53-49+. The van der Waals surface area contributed by atoms with Crippen molar-refractivity contribution in [2.24, 2.45) is 0 Å². The molecule has 6 heteroatoms. The second kappa shape index (κ2) is 56.9. The molecule has 0 saturated heterocycles. The zero-order chi connectivity index (χ0) is 48.6. The van der Waals surface area contributed by atoms with Crippen LogP contribution in [0.15, 0.2) is 24.3 Å². The van der Waals surface area contributed by atoms with Crippen molar-refractivity contribution in [3.8, 4) is 0 Å². The quantitative estimate of drug-likeness (QED) is 0.0321. The predicted octanol–water partition coefficient (Wildman–Crippen LogP) is 18.6. The highest BCUT2D eigenvalue weighted by Crippen LogP contribution is 2.18. The van der Waals surface area contributed by atoms with Gasteiger partial charge in [0.05, 0.1) is 25.4 Å². The maximum atomic E-state index is 12.4. The summed E-state index contributed by atoms with van der Waals surface area (Å²) in [7, 11) is 0. The van der Waals surface area contributed by atoms with Gasteiger partial charge in [-0.3, -0.25) is 9.59 Å². The third-order valence-corrected chi connectivity index (χ3v) is 14.0. The number of carbonyl (C=O) groups excluding carboxylic acids is 2. The van der Waals surface area contributed by atoms with E-state index in [2.05, 4.69) is 31.3 Å². The Hall–Kier alpha value is -1.66. The topological polar surface area (TPSA) is 95.9 Å². The number of unbranched alkanes of at least 4 members (excludes halogenated alkanes) is 43. The first kappa shape index (κ1) is 65.3. The van der Waals surface area contributed by atoms with E-state index in [0.29, 0.717) is 19.4 Å². The van der Waals surface area contributed by atoms with Crippen LogP contribution in [-0.4, -0.2) is 47.4 Å². The fraction of sp³-hybridized carbons (Fsp3) is 0.902. The number of hydrogen-bond acceptors (Lipinski definition) is 5. The van der Waals surface area contributed by atoms with Crippen molar-refractivity contribution in [2.45, 2.75) is 341 Å². The van der Waals surface area contributed by atoms with Crippen LogP contribution in [0.4, 0.5) is 0 Å². The Balaban J connectivity index is 3.35. The first-order valence-electron chi connectivity index (χ1n) is 30.1. The highest BCUT2D eigenvalue weighted by molar-refractivity contribution is 5.76. The Labute approximate surface area is 418 Å². The first-order valence-corrected chi connectivity index (χ1v) is 30.1. The summed E-state index contributed by atoms with van der Waals surface area (Å²) in [6, 6.07) is -0.624. The van der Waals surface area contributed by atoms with E-state index in [1.807, 2.05) is 6.08 Å². The summed E-state index contributed by atoms with van der Waals surface area (Å²) >= 11 is 0. The van der Waals surface area contributed by atoms with Gasteiger partial charge >= 0.3 is 5.97 Å². The summed E-state index contributed by atoms with van der Waals surface area (Å²) in [6.07, 6.45) is 69.4. The van der Waals surface area contributed by atoms with Gasteiger partial charge in [0.2, 0.25) is 5.91 Å². The Morgan fingerprint density at radius 1 is 0.403 bits per heavy atom. The van der Waals surface area contributed by atoms with E-state index >= 15 is 0 Å². The summed E-state index contributed by atoms with van der Waals surface area (Å²) in [5, 5.41) is 23.1. The highest BCUT2D eigenvalue weighted by atomic mass is 16.5. The minimum atomic E-state index is -0.841. The molecule has 2 atom stereocenters. The molecule has 0 heterocycles. The molecule has 3 N–H and O–H groups in total. The van der Waals surface area contributed by atoms with Crippen LogP contribution in [0.2, 0.25) is 0 Å². The van der Waals surface area contributed by atoms with Gasteiger partial charge in [0.25, 0.3) is 0 Å². The monoisotopic (exact) mass is 944 g/mol. The van der Waals surface area contributed by atoms with Crippen LogP contribution in [0, 0.1) is 0 Å². The van der Waals surface area contributed by atoms with Gasteiger partial charge in [-0.2, -0.15) is 0 Å². The number of aliphatic hydroxyl groups is 2. The van der Waals surface area contributed by atoms with Crippen molar-refractivity contribution in [1.82, 2.24) is 5.32 Å². The van der Waals surface area contributed by atoms with Crippen LogP contribution in [0.5, 0.6) is 0 Å². The number of allylic oxidation sites excluding steroid dienone is 3. The molecular weight excluding hydrogens is 827 g/mol. The lowest BCUT2D eigenvalue weighted by Gasteiger charge is -2.20. The lowest BCUT2D eigenvalue weighted by Crippen LogP contribution is -2.45. The summed E-state index contributed by atoms with van der Waals surface area (Å²) < 4.78 is 5.46. The molecule has 0 aromatic rings. The minimum absolute atomic E-state index is 0.00652. The van der Waals surface area contributed by atoms with E-state index in [0.717, 1.165) is 44.9 Å². The van der Waals surface area contributed by atoms with Crippen molar-refractivity contribution in [3.63, 3.8) is 0 Å². The SMILES string of the molecule is CCCC/C=C\CCCCCCCC(=O)OCCCCCCCCCCCCCCCCCCCCCCCCCCCCCC(=O)NC(CO)C(O)/C=C/CCCCCCCCCCCC. The van der Waals surface area contributed by atoms with Crippen molar-refractivity contribution < 1.29 is 24.5 Å². The molecule has 6 nitrogen and oxygen atoms in total. The predicted molar refractivity (Wildman–Crippen MR) is 292 cm³/mol. The Morgan fingerprint density at radius 2 is 0.716 bits per heavy atom. The van der Waals surface area contributed by atoms with Gasteiger partial charge in [-0.05, 0) is 51.4 Å². The van der Waals surface area contributed by atoms with Crippen LogP contribution < -0.4 is 5.32 Å². The Morgan fingerprint density at radius 3 is 1.10 bits per heavy atom. The first-order chi connectivity index (χ1) is 33.0. The number of aliphatic hydroxyl groups excluding tert-OH is 2. The molecule has 2 unspecified atom stereocenters. The number of ether oxygens (including phenoxy) is 1. The number of rotatable bonds is 56. The smallest absolute Gasteiger partial charge is 0.305 e. The molecule has 0 spiro atoms. The fourth-order valence-electron chi connectivity index (χ4n) is 9.32. The normalized spacial score (nSPS) is 12.7. The zero-order valence-corrected chi connectivity index (χ0v) is 45.1. The number of hydrogen-bond donors (Lipinski definition) is 3. The van der Waals surface area contributed by atoms with E-state index in [1.54, 1.807) is 6.08 Å². The average Bonchev–Trinajstić information content (AvgIpc) is 3.33. The molecule has 0 radical (unpaired) electrons. The van der Waals surface area contributed by atoms with Crippen LogP contribution in [0.1, 0.15) is 328 Å².